The summed E-state index contributed by atoms with van der Waals surface area (Å²) in [5.74, 6) is 1.06. The van der Waals surface area contributed by atoms with Crippen molar-refractivity contribution in [2.24, 2.45) is 11.8 Å². The van der Waals surface area contributed by atoms with Gasteiger partial charge in [-0.2, -0.15) is 5.26 Å². The summed E-state index contributed by atoms with van der Waals surface area (Å²) < 4.78 is 4.98. The number of carbonyl (C=O) groups excluding carboxylic acids is 3. The zero-order valence-electron chi connectivity index (χ0n) is 18.7. The molecule has 1 aromatic rings. The van der Waals surface area contributed by atoms with Crippen LogP contribution in [0.1, 0.15) is 49.8 Å². The van der Waals surface area contributed by atoms with E-state index in [2.05, 4.69) is 15.9 Å². The fraction of sp³-hybridized carbons (Fsp3) is 0.600. The normalized spacial score (nSPS) is 34.7. The average Bonchev–Trinajstić information content (AvgIpc) is 3.15. The van der Waals surface area contributed by atoms with Crippen LogP contribution in [-0.4, -0.2) is 70.2 Å². The van der Waals surface area contributed by atoms with E-state index in [1.807, 2.05) is 24.0 Å². The lowest BCUT2D eigenvalue weighted by molar-refractivity contribution is -0.142. The third-order valence-electron chi connectivity index (χ3n) is 8.43. The molecular formula is C25H28N4O4. The maximum atomic E-state index is 13.4. The Labute approximate surface area is 193 Å². The summed E-state index contributed by atoms with van der Waals surface area (Å²) in [6.07, 6.45) is 4.41. The van der Waals surface area contributed by atoms with Crippen LogP contribution >= 0.6 is 0 Å². The largest absolute Gasteiger partial charge is 0.429 e. The van der Waals surface area contributed by atoms with Crippen molar-refractivity contribution in [2.45, 2.75) is 69.2 Å². The average molecular weight is 449 g/mol. The number of nitriles is 1. The number of benzene rings is 1. The molecule has 0 radical (unpaired) electrons. The van der Waals surface area contributed by atoms with Crippen molar-refractivity contribution in [3.63, 3.8) is 0 Å². The topological polar surface area (TPSA) is 93.9 Å². The van der Waals surface area contributed by atoms with Crippen molar-refractivity contribution in [3.8, 4) is 11.8 Å². The quantitative estimate of drug-likeness (QED) is 0.615. The van der Waals surface area contributed by atoms with Gasteiger partial charge in [-0.1, -0.05) is 13.0 Å². The van der Waals surface area contributed by atoms with Crippen LogP contribution < -0.4 is 4.74 Å². The molecule has 33 heavy (non-hydrogen) atoms. The van der Waals surface area contributed by atoms with Crippen LogP contribution in [-0.2, 0) is 20.8 Å². The van der Waals surface area contributed by atoms with Gasteiger partial charge in [0.15, 0.2) is 0 Å². The summed E-state index contributed by atoms with van der Waals surface area (Å²) in [6, 6.07) is 8.03. The van der Waals surface area contributed by atoms with Crippen LogP contribution in [0.5, 0.6) is 5.75 Å². The molecule has 5 aliphatic rings. The van der Waals surface area contributed by atoms with Crippen LogP contribution in [0.2, 0.25) is 0 Å². The smallest absolute Gasteiger partial charge is 0.298 e. The molecule has 3 aliphatic heterocycles. The van der Waals surface area contributed by atoms with Crippen molar-refractivity contribution in [3.05, 3.63) is 29.3 Å². The third kappa shape index (κ3) is 3.17. The van der Waals surface area contributed by atoms with Crippen LogP contribution in [0.15, 0.2) is 18.2 Å². The summed E-state index contributed by atoms with van der Waals surface area (Å²) in [6.45, 7) is 3.73. The second-order valence-corrected chi connectivity index (χ2v) is 10.3. The van der Waals surface area contributed by atoms with Gasteiger partial charge < -0.3 is 14.5 Å². The van der Waals surface area contributed by atoms with E-state index < -0.39 is 0 Å². The maximum Gasteiger partial charge on any atom is 0.298 e. The molecule has 0 N–H and O–H groups in total. The molecule has 0 aromatic heterocycles. The number of piperidine rings is 1. The second kappa shape index (κ2) is 7.56. The molecule has 0 spiro atoms. The van der Waals surface area contributed by atoms with Crippen molar-refractivity contribution in [1.29, 1.82) is 5.26 Å². The first-order valence-electron chi connectivity index (χ1n) is 12.0. The second-order valence-electron chi connectivity index (χ2n) is 10.3. The Bertz CT molecular complexity index is 1070. The Kier molecular flexibility index (Phi) is 4.73. The van der Waals surface area contributed by atoms with Crippen LogP contribution in [0.3, 0.4) is 0 Å². The predicted octanol–water partition coefficient (Wildman–Crippen LogP) is 1.64. The Hall–Kier alpha value is -2.92. The third-order valence-corrected chi connectivity index (χ3v) is 8.43. The molecule has 3 heterocycles. The van der Waals surface area contributed by atoms with Gasteiger partial charge in [0.25, 0.3) is 6.47 Å². The molecule has 7 atom stereocenters. The van der Waals surface area contributed by atoms with Crippen LogP contribution in [0.4, 0.5) is 0 Å². The number of aryl methyl sites for hydroxylation is 1. The van der Waals surface area contributed by atoms with E-state index in [4.69, 9.17) is 4.74 Å². The highest BCUT2D eigenvalue weighted by Crippen LogP contribution is 2.48. The molecule has 2 amide bonds. The summed E-state index contributed by atoms with van der Waals surface area (Å²) in [7, 11) is 0. The van der Waals surface area contributed by atoms with Crippen molar-refractivity contribution in [2.75, 3.05) is 13.1 Å². The fourth-order valence-corrected chi connectivity index (χ4v) is 6.86. The van der Waals surface area contributed by atoms with E-state index in [9.17, 15) is 19.6 Å². The summed E-state index contributed by atoms with van der Waals surface area (Å²) in [5, 5.41) is 9.43. The van der Waals surface area contributed by atoms with Gasteiger partial charge in [-0.05, 0) is 61.3 Å². The van der Waals surface area contributed by atoms with Gasteiger partial charge in [0.1, 0.15) is 11.8 Å². The first-order chi connectivity index (χ1) is 16.0. The number of hydrogen-bond acceptors (Lipinski definition) is 6. The van der Waals surface area contributed by atoms with Crippen LogP contribution in [0.25, 0.3) is 0 Å². The van der Waals surface area contributed by atoms with Crippen molar-refractivity contribution in [1.82, 2.24) is 14.7 Å². The monoisotopic (exact) mass is 448 g/mol. The van der Waals surface area contributed by atoms with E-state index in [0.717, 1.165) is 49.8 Å². The molecule has 6 rings (SSSR count). The Balaban J connectivity index is 1.12. The highest BCUT2D eigenvalue weighted by molar-refractivity contribution is 5.87. The number of nitrogens with zero attached hydrogens (tertiary/aromatic N) is 4. The molecule has 2 bridgehead atoms. The van der Waals surface area contributed by atoms with E-state index in [0.29, 0.717) is 24.7 Å². The lowest BCUT2D eigenvalue weighted by Gasteiger charge is -2.39. The number of ether oxygens (including phenoxy) is 1. The van der Waals surface area contributed by atoms with Gasteiger partial charge in [-0.15, -0.1) is 0 Å². The summed E-state index contributed by atoms with van der Waals surface area (Å²) in [4.78, 5) is 43.2. The van der Waals surface area contributed by atoms with Gasteiger partial charge in [0.2, 0.25) is 11.8 Å². The number of rotatable bonds is 6. The number of amides is 2. The van der Waals surface area contributed by atoms with Crippen molar-refractivity contribution < 1.29 is 19.1 Å². The molecule has 4 fully saturated rings. The summed E-state index contributed by atoms with van der Waals surface area (Å²) in [5.41, 5.74) is 2.29. The zero-order valence-corrected chi connectivity index (χ0v) is 18.7. The molecule has 1 aromatic carbocycles. The van der Waals surface area contributed by atoms with E-state index >= 15 is 0 Å². The van der Waals surface area contributed by atoms with E-state index in [1.54, 1.807) is 6.07 Å². The van der Waals surface area contributed by atoms with Crippen LogP contribution in [0, 0.1) is 23.2 Å². The summed E-state index contributed by atoms with van der Waals surface area (Å²) >= 11 is 0. The number of fused-ring (bicyclic) bond motifs is 4. The van der Waals surface area contributed by atoms with Gasteiger partial charge >= 0.3 is 0 Å². The predicted molar refractivity (Wildman–Crippen MR) is 117 cm³/mol. The van der Waals surface area contributed by atoms with Crippen molar-refractivity contribution >= 4 is 18.3 Å². The number of likely N-dealkylation sites (tertiary alicyclic amines) is 3. The van der Waals surface area contributed by atoms with E-state index in [-0.39, 0.29) is 47.9 Å². The fourth-order valence-electron chi connectivity index (χ4n) is 6.86. The van der Waals surface area contributed by atoms with Gasteiger partial charge in [-0.3, -0.25) is 19.3 Å². The molecule has 3 saturated heterocycles. The minimum Gasteiger partial charge on any atom is -0.429 e. The SMILES string of the molecule is C[C@@H](CN1C[C@@H]2C[C@H]1C(=O)N2[C@@H]1CCc2cc(OC=O)ccc21)C(=O)N1C2C[C@H]2C[C@H]1C#N. The molecule has 1 saturated carbocycles. The Morgan fingerprint density at radius 3 is 2.91 bits per heavy atom. The Morgan fingerprint density at radius 2 is 2.15 bits per heavy atom. The maximum absolute atomic E-state index is 13.4. The molecule has 8 nitrogen and oxygen atoms in total. The molecule has 1 unspecified atom stereocenters. The minimum atomic E-state index is -0.282. The van der Waals surface area contributed by atoms with Gasteiger partial charge in [0, 0.05) is 31.1 Å². The van der Waals surface area contributed by atoms with Gasteiger partial charge in [0.05, 0.1) is 18.2 Å². The lowest BCUT2D eigenvalue weighted by Crippen LogP contribution is -2.53. The molecule has 8 heteroatoms. The lowest BCUT2D eigenvalue weighted by atomic mass is 10.0. The Morgan fingerprint density at radius 1 is 1.30 bits per heavy atom. The first-order valence-corrected chi connectivity index (χ1v) is 12.0. The van der Waals surface area contributed by atoms with Gasteiger partial charge in [-0.25, -0.2) is 0 Å². The molecular weight excluding hydrogens is 420 g/mol. The zero-order chi connectivity index (χ0) is 22.9. The first kappa shape index (κ1) is 20.7. The number of carbonyl (C=O) groups is 3. The standard InChI is InChI=1S/C25H28N4O4/c1-14(24(31)28-17(10-26)6-16-8-22(16)28)11-27-12-18-9-23(27)25(32)29(18)21-5-2-15-7-19(33-13-30)3-4-20(15)21/h3-4,7,13-14,16-18,21-23H,2,5-6,8-9,11-12H2,1H3/t14-,16+,17-,18-,21+,22?,23-/m0/s1. The molecule has 2 aliphatic carbocycles. The molecule has 172 valence electrons. The van der Waals surface area contributed by atoms with E-state index in [1.165, 1.54) is 0 Å². The minimum absolute atomic E-state index is 0.0664. The highest BCUT2D eigenvalue weighted by Gasteiger charge is 2.56. The number of hydrogen-bond donors (Lipinski definition) is 0. The highest BCUT2D eigenvalue weighted by atomic mass is 16.5. The number of piperazine rings is 1.